The minimum absolute atomic E-state index is 0.0488. The molecule has 0 saturated heterocycles. The Balaban J connectivity index is 3.28. The number of amides is 1. The molecule has 1 saturated carbocycles. The number of hydrogen-bond acceptors (Lipinski definition) is 5. The van der Waals surface area contributed by atoms with Crippen LogP contribution in [0.3, 0.4) is 0 Å². The van der Waals surface area contributed by atoms with E-state index in [2.05, 4.69) is 4.99 Å². The first-order valence-corrected chi connectivity index (χ1v) is 9.74. The summed E-state index contributed by atoms with van der Waals surface area (Å²) in [6.07, 6.45) is -3.37. The van der Waals surface area contributed by atoms with Crippen molar-refractivity contribution in [2.24, 2.45) is 28.0 Å². The molecule has 0 heterocycles. The number of carboxylic acid groups (broad SMARTS) is 1. The molecular weight excluding hydrogens is 403 g/mol. The Hall–Kier alpha value is -2.39. The highest BCUT2D eigenvalue weighted by Crippen LogP contribution is 2.34. The zero-order chi connectivity index (χ0) is 23.3. The minimum Gasteiger partial charge on any atom is -0.481 e. The largest absolute Gasteiger partial charge is 0.481 e. The highest BCUT2D eigenvalue weighted by Gasteiger charge is 2.43. The van der Waals surface area contributed by atoms with E-state index in [9.17, 15) is 27.6 Å². The van der Waals surface area contributed by atoms with Gasteiger partial charge in [-0.2, -0.15) is 13.2 Å². The molecule has 7 nitrogen and oxygen atoms in total. The Morgan fingerprint density at radius 1 is 1.23 bits per heavy atom. The van der Waals surface area contributed by atoms with Gasteiger partial charge in [-0.1, -0.05) is 27.7 Å². The predicted molar refractivity (Wildman–Crippen MR) is 106 cm³/mol. The van der Waals surface area contributed by atoms with Gasteiger partial charge in [-0.3, -0.25) is 14.6 Å². The second-order valence-electron chi connectivity index (χ2n) is 8.86. The molecule has 3 unspecified atom stereocenters. The fraction of sp³-hybridized carbons (Fsp3) is 0.700. The van der Waals surface area contributed by atoms with Crippen molar-refractivity contribution in [2.75, 3.05) is 13.1 Å². The number of aliphatic carboxylic acids is 1. The van der Waals surface area contributed by atoms with Crippen molar-refractivity contribution in [2.45, 2.75) is 59.2 Å². The third-order valence-corrected chi connectivity index (χ3v) is 4.94. The third kappa shape index (κ3) is 7.14. The SMILES string of the molecule is CC1CC(C(=O)O)CCC1N=C(C(=CN)C(=O)N(CC=O)CC(C)(C)C)C(F)(F)F. The van der Waals surface area contributed by atoms with E-state index >= 15 is 0 Å². The number of carbonyl (C=O) groups is 3. The van der Waals surface area contributed by atoms with Crippen molar-refractivity contribution in [1.29, 1.82) is 0 Å². The van der Waals surface area contributed by atoms with Crippen molar-refractivity contribution in [3.63, 3.8) is 0 Å². The fourth-order valence-electron chi connectivity index (χ4n) is 3.56. The van der Waals surface area contributed by atoms with Gasteiger partial charge in [0, 0.05) is 12.7 Å². The Kier molecular flexibility index (Phi) is 8.62. The van der Waals surface area contributed by atoms with Crippen LogP contribution in [0.4, 0.5) is 13.2 Å². The van der Waals surface area contributed by atoms with E-state index in [1.54, 1.807) is 27.7 Å². The van der Waals surface area contributed by atoms with Crippen LogP contribution in [-0.2, 0) is 14.4 Å². The molecule has 30 heavy (non-hydrogen) atoms. The lowest BCUT2D eigenvalue weighted by Gasteiger charge is -2.32. The summed E-state index contributed by atoms with van der Waals surface area (Å²) in [5.41, 5.74) is 2.74. The number of aldehydes is 1. The molecular formula is C20H30F3N3O4. The van der Waals surface area contributed by atoms with Crippen LogP contribution in [-0.4, -0.2) is 59.2 Å². The molecule has 0 bridgehead atoms. The second-order valence-corrected chi connectivity index (χ2v) is 8.86. The van der Waals surface area contributed by atoms with Crippen molar-refractivity contribution in [1.82, 2.24) is 4.90 Å². The lowest BCUT2D eigenvalue weighted by atomic mass is 9.79. The second kappa shape index (κ2) is 10.1. The average molecular weight is 433 g/mol. The quantitative estimate of drug-likeness (QED) is 0.364. The third-order valence-electron chi connectivity index (χ3n) is 4.94. The first-order valence-electron chi connectivity index (χ1n) is 9.74. The molecule has 1 amide bonds. The first kappa shape index (κ1) is 25.6. The van der Waals surface area contributed by atoms with Gasteiger partial charge in [0.1, 0.15) is 6.29 Å². The molecule has 0 aliphatic heterocycles. The maximum absolute atomic E-state index is 13.8. The maximum atomic E-state index is 13.8. The van der Waals surface area contributed by atoms with Crippen LogP contribution in [0.25, 0.3) is 0 Å². The van der Waals surface area contributed by atoms with Gasteiger partial charge in [-0.05, 0) is 30.6 Å². The summed E-state index contributed by atoms with van der Waals surface area (Å²) in [5.74, 6) is -3.04. The van der Waals surface area contributed by atoms with Gasteiger partial charge in [0.05, 0.1) is 24.1 Å². The fourth-order valence-corrected chi connectivity index (χ4v) is 3.56. The highest BCUT2D eigenvalue weighted by atomic mass is 19.4. The summed E-state index contributed by atoms with van der Waals surface area (Å²) in [6.45, 7) is 6.66. The van der Waals surface area contributed by atoms with E-state index < -0.39 is 52.6 Å². The van der Waals surface area contributed by atoms with Crippen molar-refractivity contribution in [3.05, 3.63) is 11.8 Å². The number of alkyl halides is 3. The molecule has 170 valence electrons. The van der Waals surface area contributed by atoms with Gasteiger partial charge in [-0.15, -0.1) is 0 Å². The van der Waals surface area contributed by atoms with E-state index in [-0.39, 0.29) is 32.4 Å². The van der Waals surface area contributed by atoms with Gasteiger partial charge in [0.2, 0.25) is 0 Å². The zero-order valence-electron chi connectivity index (χ0n) is 17.7. The monoisotopic (exact) mass is 433 g/mol. The van der Waals surface area contributed by atoms with Crippen LogP contribution in [0.5, 0.6) is 0 Å². The van der Waals surface area contributed by atoms with E-state index in [1.807, 2.05) is 0 Å². The van der Waals surface area contributed by atoms with E-state index in [0.29, 0.717) is 12.5 Å². The molecule has 1 aliphatic carbocycles. The number of carboxylic acids is 1. The summed E-state index contributed by atoms with van der Waals surface area (Å²) in [5, 5.41) is 9.14. The Bertz CT molecular complexity index is 711. The number of nitrogens with two attached hydrogens (primary N) is 1. The van der Waals surface area contributed by atoms with Crippen LogP contribution in [0.2, 0.25) is 0 Å². The summed E-state index contributed by atoms with van der Waals surface area (Å²) < 4.78 is 41.5. The predicted octanol–water partition coefficient (Wildman–Crippen LogP) is 2.80. The number of aliphatic imine (C=N–C) groups is 1. The highest BCUT2D eigenvalue weighted by molar-refractivity contribution is 6.23. The van der Waals surface area contributed by atoms with Gasteiger partial charge < -0.3 is 20.5 Å². The molecule has 3 N–H and O–H groups in total. The molecule has 0 aromatic rings. The van der Waals surface area contributed by atoms with Gasteiger partial charge in [-0.25, -0.2) is 0 Å². The normalized spacial score (nSPS) is 23.8. The van der Waals surface area contributed by atoms with Crippen LogP contribution in [0.1, 0.15) is 47.0 Å². The van der Waals surface area contributed by atoms with Crippen molar-refractivity contribution in [3.8, 4) is 0 Å². The molecule has 1 aliphatic rings. The zero-order valence-corrected chi connectivity index (χ0v) is 17.7. The lowest BCUT2D eigenvalue weighted by molar-refractivity contribution is -0.143. The van der Waals surface area contributed by atoms with E-state index in [1.165, 1.54) is 0 Å². The van der Waals surface area contributed by atoms with Gasteiger partial charge in [0.15, 0.2) is 5.71 Å². The summed E-state index contributed by atoms with van der Waals surface area (Å²) in [7, 11) is 0. The van der Waals surface area contributed by atoms with Crippen LogP contribution in [0.15, 0.2) is 16.8 Å². The van der Waals surface area contributed by atoms with Crippen molar-refractivity contribution >= 4 is 23.9 Å². The molecule has 1 fully saturated rings. The number of halogens is 3. The minimum atomic E-state index is -4.95. The Labute approximate surface area is 174 Å². The molecule has 3 atom stereocenters. The van der Waals surface area contributed by atoms with Crippen LogP contribution >= 0.6 is 0 Å². The Morgan fingerprint density at radius 3 is 2.23 bits per heavy atom. The molecule has 10 heteroatoms. The summed E-state index contributed by atoms with van der Waals surface area (Å²) in [4.78, 5) is 39.8. The number of hydrogen-bond donors (Lipinski definition) is 2. The van der Waals surface area contributed by atoms with Crippen LogP contribution < -0.4 is 5.73 Å². The van der Waals surface area contributed by atoms with Gasteiger partial charge >= 0.3 is 12.1 Å². The molecule has 0 radical (unpaired) electrons. The average Bonchev–Trinajstić information content (AvgIpc) is 2.60. The van der Waals surface area contributed by atoms with Gasteiger partial charge in [0.25, 0.3) is 5.91 Å². The van der Waals surface area contributed by atoms with Crippen LogP contribution in [0, 0.1) is 17.3 Å². The maximum Gasteiger partial charge on any atom is 0.433 e. The Morgan fingerprint density at radius 2 is 1.83 bits per heavy atom. The molecule has 0 spiro atoms. The first-order chi connectivity index (χ1) is 13.7. The summed E-state index contributed by atoms with van der Waals surface area (Å²) >= 11 is 0. The number of carbonyl (C=O) groups excluding carboxylic acids is 2. The topological polar surface area (TPSA) is 113 Å². The standard InChI is InChI=1S/C20H30F3N3O4/c1-12-9-13(18(29)30)5-6-15(12)25-16(20(21,22)23)14(10-24)17(28)26(7-8-27)11-19(2,3)4/h8,10,12-13,15H,5-7,9,11,24H2,1-4H3,(H,29,30). The number of nitrogens with zero attached hydrogens (tertiary/aromatic N) is 2. The van der Waals surface area contributed by atoms with E-state index in [0.717, 1.165) is 4.90 Å². The lowest BCUT2D eigenvalue weighted by Crippen LogP contribution is -2.44. The molecule has 0 aromatic carbocycles. The smallest absolute Gasteiger partial charge is 0.433 e. The number of rotatable bonds is 7. The van der Waals surface area contributed by atoms with E-state index in [4.69, 9.17) is 10.8 Å². The summed E-state index contributed by atoms with van der Waals surface area (Å²) in [6, 6.07) is -0.790. The molecule has 0 aromatic heterocycles. The molecule has 1 rings (SSSR count). The van der Waals surface area contributed by atoms with Crippen molar-refractivity contribution < 1.29 is 32.7 Å².